The number of fused-ring (bicyclic) bond motifs is 1. The molecule has 102 valence electrons. The molecule has 2 rings (SSSR count). The van der Waals surface area contributed by atoms with Crippen LogP contribution in [0.2, 0.25) is 5.02 Å². The van der Waals surface area contributed by atoms with Crippen LogP contribution in [0.4, 0.5) is 0 Å². The van der Waals surface area contributed by atoms with Crippen LogP contribution >= 0.6 is 11.6 Å². The molecule has 0 aliphatic rings. The number of pyridine rings is 1. The average Bonchev–Trinajstić information content (AvgIpc) is 2.36. The number of aromatic nitrogens is 1. The van der Waals surface area contributed by atoms with E-state index in [1.54, 1.807) is 14.2 Å². The van der Waals surface area contributed by atoms with Gasteiger partial charge in [0.1, 0.15) is 17.0 Å². The van der Waals surface area contributed by atoms with Crippen molar-refractivity contribution < 1.29 is 9.47 Å². The Kier molecular flexibility index (Phi) is 3.59. The number of benzene rings is 1. The number of hydrogen-bond donors (Lipinski definition) is 0. The van der Waals surface area contributed by atoms with Crippen LogP contribution in [0.25, 0.3) is 10.9 Å². The summed E-state index contributed by atoms with van der Waals surface area (Å²) in [6.45, 7) is 6.31. The molecule has 0 saturated carbocycles. The van der Waals surface area contributed by atoms with Gasteiger partial charge in [-0.2, -0.15) is 0 Å². The van der Waals surface area contributed by atoms with Crippen LogP contribution in [0, 0.1) is 0 Å². The summed E-state index contributed by atoms with van der Waals surface area (Å²) in [5, 5.41) is 1.50. The summed E-state index contributed by atoms with van der Waals surface area (Å²) < 4.78 is 10.6. The topological polar surface area (TPSA) is 31.4 Å². The highest BCUT2D eigenvalue weighted by atomic mass is 35.5. The van der Waals surface area contributed by atoms with Gasteiger partial charge in [-0.25, -0.2) is 4.98 Å². The van der Waals surface area contributed by atoms with E-state index in [2.05, 4.69) is 25.8 Å². The summed E-state index contributed by atoms with van der Waals surface area (Å²) in [7, 11) is 3.24. The molecular formula is C15H18ClNO2. The predicted octanol–water partition coefficient (Wildman–Crippen LogP) is 4.20. The minimum atomic E-state index is -0.0667. The van der Waals surface area contributed by atoms with Crippen molar-refractivity contribution >= 4 is 22.5 Å². The van der Waals surface area contributed by atoms with Crippen molar-refractivity contribution in [1.29, 1.82) is 0 Å². The fraction of sp³-hybridized carbons (Fsp3) is 0.400. The molecule has 0 atom stereocenters. The normalized spacial score (nSPS) is 11.7. The molecule has 19 heavy (non-hydrogen) atoms. The van der Waals surface area contributed by atoms with E-state index < -0.39 is 0 Å². The highest BCUT2D eigenvalue weighted by Crippen LogP contribution is 2.36. The van der Waals surface area contributed by atoms with E-state index in [0.29, 0.717) is 16.5 Å². The minimum absolute atomic E-state index is 0.0667. The molecule has 0 bridgehead atoms. The first-order valence-corrected chi connectivity index (χ1v) is 6.47. The van der Waals surface area contributed by atoms with Crippen LogP contribution in [-0.2, 0) is 5.41 Å². The molecule has 0 fully saturated rings. The van der Waals surface area contributed by atoms with Gasteiger partial charge in [-0.05, 0) is 12.1 Å². The van der Waals surface area contributed by atoms with E-state index in [4.69, 9.17) is 21.1 Å². The number of nitrogens with zero attached hydrogens (tertiary/aromatic N) is 1. The van der Waals surface area contributed by atoms with Gasteiger partial charge < -0.3 is 9.47 Å². The zero-order chi connectivity index (χ0) is 14.2. The lowest BCUT2D eigenvalue weighted by Crippen LogP contribution is -2.13. The van der Waals surface area contributed by atoms with Crippen molar-refractivity contribution in [2.45, 2.75) is 26.2 Å². The lowest BCUT2D eigenvalue weighted by Gasteiger charge is -2.19. The van der Waals surface area contributed by atoms with Crippen molar-refractivity contribution in [3.05, 3.63) is 28.9 Å². The van der Waals surface area contributed by atoms with Crippen molar-refractivity contribution in [3.63, 3.8) is 0 Å². The van der Waals surface area contributed by atoms with Crippen LogP contribution in [0.5, 0.6) is 11.5 Å². The Labute approximate surface area is 118 Å². The molecule has 0 aliphatic carbocycles. The summed E-state index contributed by atoms with van der Waals surface area (Å²) in [4.78, 5) is 4.69. The Bertz CT molecular complexity index is 618. The van der Waals surface area contributed by atoms with E-state index in [0.717, 1.165) is 16.6 Å². The van der Waals surface area contributed by atoms with Gasteiger partial charge in [-0.3, -0.25) is 0 Å². The summed E-state index contributed by atoms with van der Waals surface area (Å²) in [5.41, 5.74) is 1.64. The maximum Gasteiger partial charge on any atom is 0.148 e. The van der Waals surface area contributed by atoms with E-state index >= 15 is 0 Å². The predicted molar refractivity (Wildman–Crippen MR) is 78.6 cm³/mol. The zero-order valence-corrected chi connectivity index (χ0v) is 12.6. The second-order valence-electron chi connectivity index (χ2n) is 5.47. The first kappa shape index (κ1) is 13.9. The second kappa shape index (κ2) is 4.89. The Morgan fingerprint density at radius 2 is 1.74 bits per heavy atom. The summed E-state index contributed by atoms with van der Waals surface area (Å²) >= 11 is 6.38. The Morgan fingerprint density at radius 3 is 2.26 bits per heavy atom. The smallest absolute Gasteiger partial charge is 0.148 e. The molecule has 2 aromatic rings. The Balaban J connectivity index is 2.80. The Morgan fingerprint density at radius 1 is 1.05 bits per heavy atom. The van der Waals surface area contributed by atoms with E-state index in [1.165, 1.54) is 0 Å². The molecule has 1 aromatic carbocycles. The van der Waals surface area contributed by atoms with Crippen molar-refractivity contribution in [2.75, 3.05) is 14.2 Å². The lowest BCUT2D eigenvalue weighted by atomic mass is 9.91. The maximum absolute atomic E-state index is 6.38. The largest absolute Gasteiger partial charge is 0.497 e. The van der Waals surface area contributed by atoms with Crippen molar-refractivity contribution in [1.82, 2.24) is 4.98 Å². The van der Waals surface area contributed by atoms with Gasteiger partial charge in [0, 0.05) is 22.6 Å². The van der Waals surface area contributed by atoms with Crippen LogP contribution in [0.3, 0.4) is 0 Å². The first-order chi connectivity index (χ1) is 8.86. The number of rotatable bonds is 2. The molecule has 0 unspecified atom stereocenters. The van der Waals surface area contributed by atoms with Gasteiger partial charge >= 0.3 is 0 Å². The second-order valence-corrected chi connectivity index (χ2v) is 5.87. The van der Waals surface area contributed by atoms with Gasteiger partial charge in [-0.15, -0.1) is 0 Å². The molecule has 0 N–H and O–H groups in total. The molecule has 0 saturated heterocycles. The number of methoxy groups -OCH3 is 2. The highest BCUT2D eigenvalue weighted by molar-refractivity contribution is 6.35. The monoisotopic (exact) mass is 279 g/mol. The summed E-state index contributed by atoms with van der Waals surface area (Å²) in [6.07, 6.45) is 0. The van der Waals surface area contributed by atoms with E-state index in [-0.39, 0.29) is 5.41 Å². The third-order valence-corrected chi connectivity index (χ3v) is 3.34. The van der Waals surface area contributed by atoms with Gasteiger partial charge in [-0.1, -0.05) is 32.4 Å². The number of hydrogen-bond acceptors (Lipinski definition) is 3. The van der Waals surface area contributed by atoms with Crippen LogP contribution < -0.4 is 9.47 Å². The van der Waals surface area contributed by atoms with E-state index in [1.807, 2.05) is 18.2 Å². The van der Waals surface area contributed by atoms with Crippen molar-refractivity contribution in [3.8, 4) is 11.5 Å². The zero-order valence-electron chi connectivity index (χ0n) is 11.9. The van der Waals surface area contributed by atoms with Crippen molar-refractivity contribution in [2.24, 2.45) is 0 Å². The molecule has 0 aliphatic heterocycles. The molecular weight excluding hydrogens is 262 g/mol. The third-order valence-electron chi connectivity index (χ3n) is 3.03. The molecule has 0 amide bonds. The molecule has 1 heterocycles. The van der Waals surface area contributed by atoms with Crippen LogP contribution in [-0.4, -0.2) is 19.2 Å². The highest BCUT2D eigenvalue weighted by Gasteiger charge is 2.19. The maximum atomic E-state index is 6.38. The SMILES string of the molecule is COc1cc(OC)c2nc(C(C)(C)C)cc(Cl)c2c1. The van der Waals surface area contributed by atoms with Gasteiger partial charge in [0.15, 0.2) is 0 Å². The lowest BCUT2D eigenvalue weighted by molar-refractivity contribution is 0.397. The third kappa shape index (κ3) is 2.61. The molecule has 0 radical (unpaired) electrons. The standard InChI is InChI=1S/C15H18ClNO2/c1-15(2,3)13-8-11(16)10-6-9(18-4)7-12(19-5)14(10)17-13/h6-8H,1-5H3. The molecule has 4 heteroatoms. The molecule has 3 nitrogen and oxygen atoms in total. The summed E-state index contributed by atoms with van der Waals surface area (Å²) in [6, 6.07) is 5.60. The quantitative estimate of drug-likeness (QED) is 0.825. The Hall–Kier alpha value is -1.48. The fourth-order valence-corrected chi connectivity index (χ4v) is 2.14. The van der Waals surface area contributed by atoms with Gasteiger partial charge in [0.2, 0.25) is 0 Å². The fourth-order valence-electron chi connectivity index (χ4n) is 1.89. The minimum Gasteiger partial charge on any atom is -0.497 e. The average molecular weight is 280 g/mol. The summed E-state index contributed by atoms with van der Waals surface area (Å²) in [5.74, 6) is 1.37. The first-order valence-electron chi connectivity index (χ1n) is 6.09. The van der Waals surface area contributed by atoms with Crippen LogP contribution in [0.15, 0.2) is 18.2 Å². The molecule has 1 aromatic heterocycles. The van der Waals surface area contributed by atoms with E-state index in [9.17, 15) is 0 Å². The van der Waals surface area contributed by atoms with Gasteiger partial charge in [0.05, 0.1) is 19.2 Å². The number of halogens is 1. The van der Waals surface area contributed by atoms with Gasteiger partial charge in [0.25, 0.3) is 0 Å². The molecule has 0 spiro atoms. The van der Waals surface area contributed by atoms with Crippen LogP contribution in [0.1, 0.15) is 26.5 Å². The number of ether oxygens (including phenoxy) is 2.